The smallest absolute Gasteiger partial charge is 0.279 e. The Morgan fingerprint density at radius 3 is 2.94 bits per heavy atom. The lowest BCUT2D eigenvalue weighted by Gasteiger charge is -2.09. The van der Waals surface area contributed by atoms with Gasteiger partial charge < -0.3 is 4.98 Å². The van der Waals surface area contributed by atoms with Gasteiger partial charge in [0.15, 0.2) is 11.2 Å². The molecule has 0 saturated heterocycles. The van der Waals surface area contributed by atoms with Gasteiger partial charge in [0.2, 0.25) is 0 Å². The Bertz CT molecular complexity index is 560. The average Bonchev–Trinajstić information content (AvgIpc) is 2.69. The van der Waals surface area contributed by atoms with Crippen molar-refractivity contribution in [2.24, 2.45) is 0 Å². The Hall–Kier alpha value is -1.79. The van der Waals surface area contributed by atoms with E-state index in [-0.39, 0.29) is 11.2 Å². The maximum absolute atomic E-state index is 12.3. The standard InChI is InChI=1S/C9H10F2N4O/c1-2-6-14-8-7(12-4-13-8)9(16)15(6)3-5(10)11/h4-5H,2-3H2,1H3,(H,12,13). The molecule has 2 aromatic rings. The fourth-order valence-corrected chi connectivity index (χ4v) is 1.56. The number of hydrogen-bond donors (Lipinski definition) is 1. The number of nitrogens with one attached hydrogen (secondary N) is 1. The summed E-state index contributed by atoms with van der Waals surface area (Å²) in [5, 5.41) is 0. The Balaban J connectivity index is 2.68. The summed E-state index contributed by atoms with van der Waals surface area (Å²) in [4.78, 5) is 22.3. The molecule has 16 heavy (non-hydrogen) atoms. The molecule has 0 aromatic carbocycles. The molecule has 0 fully saturated rings. The number of nitrogens with zero attached hydrogens (tertiary/aromatic N) is 3. The van der Waals surface area contributed by atoms with Gasteiger partial charge in [0.25, 0.3) is 12.0 Å². The Labute approximate surface area is 89.1 Å². The van der Waals surface area contributed by atoms with Gasteiger partial charge in [0, 0.05) is 6.42 Å². The van der Waals surface area contributed by atoms with Gasteiger partial charge in [-0.25, -0.2) is 18.7 Å². The van der Waals surface area contributed by atoms with Crippen molar-refractivity contribution >= 4 is 11.2 Å². The van der Waals surface area contributed by atoms with E-state index in [1.165, 1.54) is 6.33 Å². The second-order valence-corrected chi connectivity index (χ2v) is 3.29. The predicted molar refractivity (Wildman–Crippen MR) is 53.5 cm³/mol. The fourth-order valence-electron chi connectivity index (χ4n) is 1.56. The number of hydrogen-bond acceptors (Lipinski definition) is 3. The molecule has 0 aliphatic rings. The van der Waals surface area contributed by atoms with Crippen molar-refractivity contribution in [1.82, 2.24) is 19.5 Å². The van der Waals surface area contributed by atoms with E-state index in [0.717, 1.165) is 4.57 Å². The van der Waals surface area contributed by atoms with Gasteiger partial charge in [-0.3, -0.25) is 9.36 Å². The minimum atomic E-state index is -2.58. The van der Waals surface area contributed by atoms with Crippen LogP contribution in [0.15, 0.2) is 11.1 Å². The number of alkyl halides is 2. The zero-order chi connectivity index (χ0) is 11.7. The molecule has 0 radical (unpaired) electrons. The predicted octanol–water partition coefficient (Wildman–Crippen LogP) is 0.947. The van der Waals surface area contributed by atoms with Gasteiger partial charge >= 0.3 is 0 Å². The van der Waals surface area contributed by atoms with E-state index in [1.807, 2.05) is 0 Å². The van der Waals surface area contributed by atoms with E-state index in [4.69, 9.17) is 0 Å². The number of aromatic amines is 1. The summed E-state index contributed by atoms with van der Waals surface area (Å²) in [5.74, 6) is 0.324. The van der Waals surface area contributed by atoms with E-state index in [1.54, 1.807) is 6.92 Å². The van der Waals surface area contributed by atoms with Crippen molar-refractivity contribution in [3.63, 3.8) is 0 Å². The molecule has 0 bridgehead atoms. The van der Waals surface area contributed by atoms with Crippen molar-refractivity contribution in [3.8, 4) is 0 Å². The summed E-state index contributed by atoms with van der Waals surface area (Å²) in [6.07, 6.45) is -0.846. The van der Waals surface area contributed by atoms with E-state index >= 15 is 0 Å². The molecule has 0 amide bonds. The van der Waals surface area contributed by atoms with E-state index in [2.05, 4.69) is 15.0 Å². The van der Waals surface area contributed by atoms with Crippen molar-refractivity contribution < 1.29 is 8.78 Å². The van der Waals surface area contributed by atoms with Crippen molar-refractivity contribution in [2.75, 3.05) is 0 Å². The average molecular weight is 228 g/mol. The maximum atomic E-state index is 12.3. The highest BCUT2D eigenvalue weighted by atomic mass is 19.3. The highest BCUT2D eigenvalue weighted by molar-refractivity contribution is 5.68. The first-order valence-corrected chi connectivity index (χ1v) is 4.84. The molecule has 0 atom stereocenters. The molecule has 7 heteroatoms. The molecule has 1 N–H and O–H groups in total. The minimum Gasteiger partial charge on any atom is -0.339 e. The van der Waals surface area contributed by atoms with Crippen LogP contribution in [0.3, 0.4) is 0 Å². The molecular formula is C9H10F2N4O. The van der Waals surface area contributed by atoms with Crippen LogP contribution < -0.4 is 5.56 Å². The summed E-state index contributed by atoms with van der Waals surface area (Å²) in [6, 6.07) is 0. The first-order valence-electron chi connectivity index (χ1n) is 4.84. The van der Waals surface area contributed by atoms with E-state index in [0.29, 0.717) is 12.2 Å². The van der Waals surface area contributed by atoms with Gasteiger partial charge in [-0.15, -0.1) is 0 Å². The summed E-state index contributed by atoms with van der Waals surface area (Å²) in [7, 11) is 0. The van der Waals surface area contributed by atoms with Gasteiger partial charge in [-0.05, 0) is 0 Å². The van der Waals surface area contributed by atoms with Crippen LogP contribution in [0.4, 0.5) is 8.78 Å². The molecule has 0 unspecified atom stereocenters. The molecule has 2 heterocycles. The third kappa shape index (κ3) is 1.68. The second-order valence-electron chi connectivity index (χ2n) is 3.29. The molecule has 86 valence electrons. The van der Waals surface area contributed by atoms with Gasteiger partial charge in [-0.2, -0.15) is 0 Å². The second kappa shape index (κ2) is 3.99. The van der Waals surface area contributed by atoms with E-state index < -0.39 is 18.5 Å². The van der Waals surface area contributed by atoms with E-state index in [9.17, 15) is 13.6 Å². The van der Waals surface area contributed by atoms with Crippen LogP contribution in [-0.2, 0) is 13.0 Å². The molecule has 0 spiro atoms. The molecule has 0 saturated carbocycles. The third-order valence-electron chi connectivity index (χ3n) is 2.26. The minimum absolute atomic E-state index is 0.165. The Kier molecular flexibility index (Phi) is 2.67. The van der Waals surface area contributed by atoms with Crippen LogP contribution >= 0.6 is 0 Å². The number of H-pyrrole nitrogens is 1. The van der Waals surface area contributed by atoms with Gasteiger partial charge in [0.1, 0.15) is 5.82 Å². The zero-order valence-electron chi connectivity index (χ0n) is 8.57. The monoisotopic (exact) mass is 228 g/mol. The van der Waals surface area contributed by atoms with Crippen molar-refractivity contribution in [1.29, 1.82) is 0 Å². The summed E-state index contributed by atoms with van der Waals surface area (Å²) in [6.45, 7) is 1.12. The molecule has 0 aliphatic heterocycles. The van der Waals surface area contributed by atoms with Gasteiger partial charge in [0.05, 0.1) is 12.9 Å². The van der Waals surface area contributed by atoms with Crippen LogP contribution in [0, 0.1) is 0 Å². The summed E-state index contributed by atoms with van der Waals surface area (Å²) in [5.41, 5.74) is -0.0649. The first kappa shape index (κ1) is 10.7. The van der Waals surface area contributed by atoms with Crippen LogP contribution in [0.5, 0.6) is 0 Å². The molecule has 2 rings (SSSR count). The number of halogens is 2. The van der Waals surface area contributed by atoms with Crippen molar-refractivity contribution in [2.45, 2.75) is 26.3 Å². The highest BCUT2D eigenvalue weighted by Crippen LogP contribution is 2.06. The lowest BCUT2D eigenvalue weighted by atomic mass is 10.4. The molecule has 2 aromatic heterocycles. The van der Waals surface area contributed by atoms with Crippen LogP contribution in [0.25, 0.3) is 11.2 Å². The third-order valence-corrected chi connectivity index (χ3v) is 2.26. The first-order chi connectivity index (χ1) is 7.63. The largest absolute Gasteiger partial charge is 0.339 e. The number of aryl methyl sites for hydroxylation is 1. The normalized spacial score (nSPS) is 11.5. The summed E-state index contributed by atoms with van der Waals surface area (Å²) < 4.78 is 25.7. The van der Waals surface area contributed by atoms with Crippen molar-refractivity contribution in [3.05, 3.63) is 22.5 Å². The number of aromatic nitrogens is 4. The summed E-state index contributed by atoms with van der Waals surface area (Å²) >= 11 is 0. The lowest BCUT2D eigenvalue weighted by Crippen LogP contribution is -2.28. The van der Waals surface area contributed by atoms with Gasteiger partial charge in [-0.1, -0.05) is 6.92 Å². The number of imidazole rings is 1. The van der Waals surface area contributed by atoms with Crippen LogP contribution in [-0.4, -0.2) is 25.9 Å². The topological polar surface area (TPSA) is 63.6 Å². The SMILES string of the molecule is CCc1nc2nc[nH]c2c(=O)n1CC(F)F. The quantitative estimate of drug-likeness (QED) is 0.850. The zero-order valence-corrected chi connectivity index (χ0v) is 8.57. The van der Waals surface area contributed by atoms with Crippen LogP contribution in [0.1, 0.15) is 12.7 Å². The van der Waals surface area contributed by atoms with Crippen LogP contribution in [0.2, 0.25) is 0 Å². The Morgan fingerprint density at radius 2 is 2.31 bits per heavy atom. The Morgan fingerprint density at radius 1 is 1.56 bits per heavy atom. The molecular weight excluding hydrogens is 218 g/mol. The fraction of sp³-hybridized carbons (Fsp3) is 0.444. The maximum Gasteiger partial charge on any atom is 0.279 e. The number of fused-ring (bicyclic) bond motifs is 1. The number of rotatable bonds is 3. The highest BCUT2D eigenvalue weighted by Gasteiger charge is 2.14. The lowest BCUT2D eigenvalue weighted by molar-refractivity contribution is 0.123. The molecule has 5 nitrogen and oxygen atoms in total. The molecule has 0 aliphatic carbocycles.